The van der Waals surface area contributed by atoms with Crippen LogP contribution < -0.4 is 22.8 Å². The summed E-state index contributed by atoms with van der Waals surface area (Å²) in [5, 5.41) is 0. The van der Waals surface area contributed by atoms with Gasteiger partial charge in [-0.3, -0.25) is 15.0 Å². The van der Waals surface area contributed by atoms with E-state index in [9.17, 15) is 0 Å². The molecule has 1 aromatic carbocycles. The molecule has 0 aliphatic carbocycles. The molecule has 0 unspecified atom stereocenters. The van der Waals surface area contributed by atoms with Crippen LogP contribution in [0.4, 0.5) is 0 Å². The summed E-state index contributed by atoms with van der Waals surface area (Å²) in [6.45, 7) is 50.2. The summed E-state index contributed by atoms with van der Waals surface area (Å²) in [5.74, 6) is 4.75. The van der Waals surface area contributed by atoms with Crippen LogP contribution in [-0.2, 0) is 35.2 Å². The van der Waals surface area contributed by atoms with E-state index in [-0.39, 0.29) is 0 Å². The van der Waals surface area contributed by atoms with Gasteiger partial charge < -0.3 is 0 Å². The molecule has 14 nitrogen and oxygen atoms in total. The van der Waals surface area contributed by atoms with Crippen molar-refractivity contribution < 1.29 is 22.8 Å². The molecule has 490 valence electrons. The van der Waals surface area contributed by atoms with Gasteiger partial charge in [-0.15, -0.1) is 0 Å². The maximum absolute atomic E-state index is 4.37. The van der Waals surface area contributed by atoms with E-state index in [2.05, 4.69) is 70.8 Å². The summed E-state index contributed by atoms with van der Waals surface area (Å²) in [6, 6.07) is 29.8. The Labute approximate surface area is 548 Å². The van der Waals surface area contributed by atoms with E-state index >= 15 is 0 Å². The molecule has 10 rings (SSSR count). The van der Waals surface area contributed by atoms with Crippen molar-refractivity contribution in [2.75, 3.05) is 0 Å². The van der Waals surface area contributed by atoms with Crippen LogP contribution >= 0.6 is 0 Å². The van der Waals surface area contributed by atoms with Crippen molar-refractivity contribution in [3.05, 3.63) is 218 Å². The van der Waals surface area contributed by atoms with Crippen LogP contribution in [0, 0.1) is 34.6 Å². The lowest BCUT2D eigenvalue weighted by Crippen LogP contribution is -2.31. The maximum atomic E-state index is 4.37. The average molecular weight is 1230 g/mol. The lowest BCUT2D eigenvalue weighted by Gasteiger charge is -2.00. The third kappa shape index (κ3) is 33.0. The normalized spacial score (nSPS) is 8.56. The van der Waals surface area contributed by atoms with E-state index in [1.165, 1.54) is 16.7 Å². The summed E-state index contributed by atoms with van der Waals surface area (Å²) in [7, 11) is 9.93. The number of aromatic nitrogens is 14. The third-order valence-corrected chi connectivity index (χ3v) is 11.0. The minimum atomic E-state index is 0.894. The zero-order valence-electron chi connectivity index (χ0n) is 61.7. The van der Waals surface area contributed by atoms with E-state index in [0.29, 0.717) is 0 Å². The zero-order chi connectivity index (χ0) is 69.8. The molecule has 0 aliphatic rings. The molecule has 0 saturated carbocycles. The Bertz CT molecular complexity index is 2550. The standard InChI is InChI=1S/C12H13N2.4C11H12N3.10C2H6/c1-10-6-3-4-7-11(10)12-13-8-5-9-14(12)2;1-9-8-12-6-4-10(9)11-13-5-3-7-14(11)2;1-9-4-6-12-8-10(9)11-13-5-3-7-14(11)2;1-9-10(5-3-6-12-9)11-13-7-4-8-14(11)2;1-9-5-3-6-12-10(9)11-13-7-4-8-14(11)2;10*1-2/h3-9H,1-2H3;4*3-8H,1-2H3;10*1-2H3/q5*+1;;;;;;;;;;. The lowest BCUT2D eigenvalue weighted by molar-refractivity contribution is -0.663. The van der Waals surface area contributed by atoms with Gasteiger partial charge in [0.15, 0.2) is 5.69 Å². The largest absolute Gasteiger partial charge is 0.348 e. The zero-order valence-corrected chi connectivity index (χ0v) is 61.7. The lowest BCUT2D eigenvalue weighted by atomic mass is 10.1. The molecular formula is C76H121N14+5. The first-order chi connectivity index (χ1) is 43.9. The summed E-state index contributed by atoms with van der Waals surface area (Å²) in [5.41, 5.74) is 11.1. The highest BCUT2D eigenvalue weighted by atomic mass is 15.0. The molecule has 0 saturated heterocycles. The molecule has 0 fully saturated rings. The molecule has 0 spiro atoms. The highest BCUT2D eigenvalue weighted by Gasteiger charge is 2.17. The Balaban J connectivity index is -0.000000312. The number of nitrogens with zero attached hydrogens (tertiary/aromatic N) is 14. The van der Waals surface area contributed by atoms with Gasteiger partial charge in [0.1, 0.15) is 31.0 Å². The summed E-state index contributed by atoms with van der Waals surface area (Å²) < 4.78 is 9.98. The van der Waals surface area contributed by atoms with E-state index in [4.69, 9.17) is 0 Å². The number of benzene rings is 1. The van der Waals surface area contributed by atoms with Gasteiger partial charge in [0.05, 0.1) is 94.2 Å². The van der Waals surface area contributed by atoms with Crippen LogP contribution in [0.15, 0.2) is 190 Å². The van der Waals surface area contributed by atoms with Crippen LogP contribution in [0.5, 0.6) is 0 Å². The molecule has 10 aromatic rings. The summed E-state index contributed by atoms with van der Waals surface area (Å²) in [6.07, 6.45) is 29.8. The number of aryl methyl sites for hydroxylation is 10. The Kier molecular flexibility index (Phi) is 60.5. The van der Waals surface area contributed by atoms with Crippen LogP contribution in [0.3, 0.4) is 0 Å². The van der Waals surface area contributed by atoms with Crippen molar-refractivity contribution in [3.63, 3.8) is 0 Å². The Morgan fingerprint density at radius 3 is 0.911 bits per heavy atom. The topological polar surface area (TPSA) is 135 Å². The minimum absolute atomic E-state index is 0.894. The van der Waals surface area contributed by atoms with E-state index < -0.39 is 0 Å². The number of pyridine rings is 4. The first-order valence-electron chi connectivity index (χ1n) is 32.7. The molecule has 0 amide bonds. The molecule has 9 aromatic heterocycles. The Morgan fingerprint density at radius 1 is 0.233 bits per heavy atom. The predicted octanol–water partition coefficient (Wildman–Crippen LogP) is 17.2. The second kappa shape index (κ2) is 60.5. The van der Waals surface area contributed by atoms with Crippen LogP contribution in [0.25, 0.3) is 57.1 Å². The second-order valence-electron chi connectivity index (χ2n) is 16.3. The first-order valence-corrected chi connectivity index (χ1v) is 32.7. The SMILES string of the molecule is CC.CC.CC.CC.CC.CC.CC.CC.CC.CC.Cc1ccccc1-c1nccc[n+]1C.Cc1cccnc1-c1nccc[n+]1C.Cc1ccncc1-c1nccc[n+]1C.Cc1cnccc1-c1nccc[n+]1C.Cc1ncccc1-c1nccc[n+]1C. The minimum Gasteiger partial charge on any atom is -0.264 e. The van der Waals surface area contributed by atoms with Crippen LogP contribution in [0.2, 0.25) is 0 Å². The Hall–Kier alpha value is -8.78. The molecule has 0 bridgehead atoms. The molecule has 90 heavy (non-hydrogen) atoms. The van der Waals surface area contributed by atoms with Crippen LogP contribution in [-0.4, -0.2) is 44.9 Å². The van der Waals surface area contributed by atoms with Crippen molar-refractivity contribution in [3.8, 4) is 57.1 Å². The number of hydrogen-bond donors (Lipinski definition) is 0. The van der Waals surface area contributed by atoms with Gasteiger partial charge in [0.2, 0.25) is 0 Å². The van der Waals surface area contributed by atoms with Crippen molar-refractivity contribution >= 4 is 0 Å². The monoisotopic (exact) mass is 1230 g/mol. The molecule has 0 atom stereocenters. The molecule has 0 N–H and O–H groups in total. The van der Waals surface area contributed by atoms with Gasteiger partial charge in [0.25, 0.3) is 0 Å². The predicted molar refractivity (Wildman–Crippen MR) is 383 cm³/mol. The van der Waals surface area contributed by atoms with Gasteiger partial charge in [0, 0.05) is 67.5 Å². The van der Waals surface area contributed by atoms with E-state index in [1.54, 1.807) is 49.6 Å². The van der Waals surface area contributed by atoms with Crippen molar-refractivity contribution in [2.45, 2.75) is 173 Å². The van der Waals surface area contributed by atoms with Crippen LogP contribution in [0.1, 0.15) is 166 Å². The fraction of sp³-hybridized carbons (Fsp3) is 0.395. The molecule has 9 heterocycles. The van der Waals surface area contributed by atoms with Gasteiger partial charge in [-0.1, -0.05) is 163 Å². The Morgan fingerprint density at radius 2 is 0.533 bits per heavy atom. The molecule has 14 heteroatoms. The molecule has 0 radical (unpaired) electrons. The van der Waals surface area contributed by atoms with E-state index in [1.807, 2.05) is 346 Å². The third-order valence-electron chi connectivity index (χ3n) is 11.0. The molecule has 0 aliphatic heterocycles. The van der Waals surface area contributed by atoms with Crippen molar-refractivity contribution in [2.24, 2.45) is 35.2 Å². The second-order valence-corrected chi connectivity index (χ2v) is 16.3. The number of hydrogen-bond acceptors (Lipinski definition) is 9. The van der Waals surface area contributed by atoms with Crippen molar-refractivity contribution in [1.82, 2.24) is 44.9 Å². The van der Waals surface area contributed by atoms with Gasteiger partial charge in [-0.05, 0) is 118 Å². The van der Waals surface area contributed by atoms with Crippen molar-refractivity contribution in [1.29, 1.82) is 0 Å². The first kappa shape index (κ1) is 90.0. The molecular weight excluding hydrogens is 1110 g/mol. The summed E-state index contributed by atoms with van der Waals surface area (Å²) >= 11 is 0. The van der Waals surface area contributed by atoms with E-state index in [0.717, 1.165) is 68.3 Å². The highest BCUT2D eigenvalue weighted by molar-refractivity contribution is 5.58. The fourth-order valence-electron chi connectivity index (χ4n) is 7.17. The number of rotatable bonds is 5. The van der Waals surface area contributed by atoms with Gasteiger partial charge in [-0.25, -0.2) is 27.8 Å². The maximum Gasteiger partial charge on any atom is 0.348 e. The average Bonchev–Trinajstić information content (AvgIpc) is 2.35. The van der Waals surface area contributed by atoms with Gasteiger partial charge >= 0.3 is 29.1 Å². The summed E-state index contributed by atoms with van der Waals surface area (Å²) in [4.78, 5) is 38.4. The highest BCUT2D eigenvalue weighted by Crippen LogP contribution is 2.19. The fourth-order valence-corrected chi connectivity index (χ4v) is 7.17. The van der Waals surface area contributed by atoms with Gasteiger partial charge in [-0.2, -0.15) is 0 Å². The quantitative estimate of drug-likeness (QED) is 0.154. The smallest absolute Gasteiger partial charge is 0.264 e.